The van der Waals surface area contributed by atoms with Crippen molar-refractivity contribution in [1.29, 1.82) is 0 Å². The number of carbonyl (C=O) groups excluding carboxylic acids is 1. The topological polar surface area (TPSA) is 53.5 Å². The fourth-order valence-electron chi connectivity index (χ4n) is 1.69. The number of rotatable bonds is 0. The van der Waals surface area contributed by atoms with E-state index in [1.165, 1.54) is 0 Å². The van der Waals surface area contributed by atoms with Gasteiger partial charge in [-0.05, 0) is 19.9 Å². The van der Waals surface area contributed by atoms with Crippen molar-refractivity contribution in [3.63, 3.8) is 0 Å². The first-order valence-electron chi connectivity index (χ1n) is 3.96. The van der Waals surface area contributed by atoms with Crippen LogP contribution in [-0.4, -0.2) is 17.8 Å². The van der Waals surface area contributed by atoms with Crippen molar-refractivity contribution in [2.24, 2.45) is 10.9 Å². The van der Waals surface area contributed by atoms with Crippen LogP contribution in [0.2, 0.25) is 0 Å². The highest BCUT2D eigenvalue weighted by Crippen LogP contribution is 2.23. The Bertz CT molecular complexity index is 293. The molecule has 2 heterocycles. The minimum absolute atomic E-state index is 0.0185. The Balaban J connectivity index is 2.36. The first-order valence-corrected chi connectivity index (χ1v) is 3.96. The predicted octanol–water partition coefficient (Wildman–Crippen LogP) is -0.0161. The predicted molar refractivity (Wildman–Crippen MR) is 45.4 cm³/mol. The third-order valence-corrected chi connectivity index (χ3v) is 2.21. The van der Waals surface area contributed by atoms with Crippen molar-refractivity contribution in [3.05, 3.63) is 11.6 Å². The van der Waals surface area contributed by atoms with Crippen LogP contribution in [0.1, 0.15) is 13.8 Å². The molecule has 1 saturated heterocycles. The Morgan fingerprint density at radius 1 is 1.50 bits per heavy atom. The lowest BCUT2D eigenvalue weighted by Crippen LogP contribution is -2.32. The third kappa shape index (κ3) is 0.956. The van der Waals surface area contributed by atoms with E-state index >= 15 is 0 Å². The van der Waals surface area contributed by atoms with Gasteiger partial charge in [-0.2, -0.15) is 0 Å². The minimum atomic E-state index is -0.103. The smallest absolute Gasteiger partial charge is 0.244 e. The Labute approximate surface area is 70.7 Å². The van der Waals surface area contributed by atoms with Gasteiger partial charge in [0.2, 0.25) is 5.91 Å². The van der Waals surface area contributed by atoms with Crippen LogP contribution in [0.3, 0.4) is 0 Å². The van der Waals surface area contributed by atoms with Crippen LogP contribution >= 0.6 is 0 Å². The van der Waals surface area contributed by atoms with E-state index < -0.39 is 0 Å². The normalized spacial score (nSPS) is 33.7. The molecule has 0 spiro atoms. The summed E-state index contributed by atoms with van der Waals surface area (Å²) >= 11 is 0. The number of hydrogen-bond donors (Lipinski definition) is 2. The van der Waals surface area contributed by atoms with E-state index in [1.54, 1.807) is 0 Å². The number of dihydropyridines is 1. The van der Waals surface area contributed by atoms with Gasteiger partial charge in [-0.1, -0.05) is 5.57 Å². The summed E-state index contributed by atoms with van der Waals surface area (Å²) in [5.74, 6) is -0.0845. The summed E-state index contributed by atoms with van der Waals surface area (Å²) < 4.78 is 0. The third-order valence-electron chi connectivity index (χ3n) is 2.21. The summed E-state index contributed by atoms with van der Waals surface area (Å²) in [5, 5.41) is 0. The summed E-state index contributed by atoms with van der Waals surface area (Å²) in [6.45, 7) is 3.90. The van der Waals surface area contributed by atoms with Crippen molar-refractivity contribution in [1.82, 2.24) is 10.9 Å². The zero-order valence-corrected chi connectivity index (χ0v) is 7.09. The number of aliphatic imine (C=N–C) groups is 1. The molecule has 0 aliphatic carbocycles. The van der Waals surface area contributed by atoms with Crippen LogP contribution < -0.4 is 10.9 Å². The zero-order valence-electron chi connectivity index (χ0n) is 7.09. The second kappa shape index (κ2) is 2.42. The summed E-state index contributed by atoms with van der Waals surface area (Å²) in [7, 11) is 0. The Kier molecular flexibility index (Phi) is 1.51. The number of nitrogens with one attached hydrogen (secondary N) is 2. The van der Waals surface area contributed by atoms with Gasteiger partial charge in [-0.25, -0.2) is 5.43 Å². The van der Waals surface area contributed by atoms with Crippen molar-refractivity contribution in [3.8, 4) is 0 Å². The van der Waals surface area contributed by atoms with E-state index in [9.17, 15) is 4.79 Å². The highest BCUT2D eigenvalue weighted by Gasteiger charge is 2.37. The van der Waals surface area contributed by atoms with Gasteiger partial charge in [-0.15, -0.1) is 0 Å². The molecule has 64 valence electrons. The highest BCUT2D eigenvalue weighted by molar-refractivity contribution is 5.97. The first kappa shape index (κ1) is 7.49. The van der Waals surface area contributed by atoms with Crippen LogP contribution in [0.4, 0.5) is 0 Å². The molecule has 0 aromatic rings. The highest BCUT2D eigenvalue weighted by atomic mass is 16.2. The number of nitrogens with zero attached hydrogens (tertiary/aromatic N) is 1. The molecule has 0 saturated carbocycles. The molecule has 2 rings (SSSR count). The standard InChI is InChI=1S/C8H11N3O/c1-4-3-5(2)9-7-6(4)8(12)11-10-7/h3,6-7,10H,1-2H3,(H,11,12)/t6-,7-/m1/s1. The molecule has 1 amide bonds. The number of hydrogen-bond acceptors (Lipinski definition) is 3. The van der Waals surface area contributed by atoms with Gasteiger partial charge in [0.05, 0.1) is 5.92 Å². The molecule has 4 nitrogen and oxygen atoms in total. The fourth-order valence-corrected chi connectivity index (χ4v) is 1.69. The second-order valence-corrected chi connectivity index (χ2v) is 3.21. The summed E-state index contributed by atoms with van der Waals surface area (Å²) in [4.78, 5) is 15.5. The van der Waals surface area contributed by atoms with Crippen molar-refractivity contribution in [2.45, 2.75) is 20.0 Å². The monoisotopic (exact) mass is 165 g/mol. The van der Waals surface area contributed by atoms with Gasteiger partial charge in [0.1, 0.15) is 6.17 Å². The van der Waals surface area contributed by atoms with E-state index in [1.807, 2.05) is 19.9 Å². The molecule has 0 aromatic heterocycles. The van der Waals surface area contributed by atoms with Crippen molar-refractivity contribution >= 4 is 11.6 Å². The lowest BCUT2D eigenvalue weighted by Gasteiger charge is -2.18. The number of amides is 1. The molecule has 0 unspecified atom stereocenters. The summed E-state index contributed by atoms with van der Waals surface area (Å²) in [5.41, 5.74) is 7.47. The number of hydrazine groups is 1. The van der Waals surface area contributed by atoms with Crippen LogP contribution in [0.5, 0.6) is 0 Å². The summed E-state index contributed by atoms with van der Waals surface area (Å²) in [6, 6.07) is 0. The van der Waals surface area contributed by atoms with E-state index in [2.05, 4.69) is 15.8 Å². The van der Waals surface area contributed by atoms with Crippen LogP contribution in [0.15, 0.2) is 16.6 Å². The van der Waals surface area contributed by atoms with E-state index in [4.69, 9.17) is 0 Å². The molecule has 2 aliphatic rings. The molecule has 2 aliphatic heterocycles. The van der Waals surface area contributed by atoms with Gasteiger partial charge in [0, 0.05) is 5.71 Å². The molecule has 4 heteroatoms. The van der Waals surface area contributed by atoms with Gasteiger partial charge in [0.15, 0.2) is 0 Å². The Morgan fingerprint density at radius 3 is 3.00 bits per heavy atom. The van der Waals surface area contributed by atoms with E-state index in [0.717, 1.165) is 11.3 Å². The van der Waals surface area contributed by atoms with Crippen LogP contribution in [0.25, 0.3) is 0 Å². The van der Waals surface area contributed by atoms with Gasteiger partial charge in [0.25, 0.3) is 0 Å². The second-order valence-electron chi connectivity index (χ2n) is 3.21. The average Bonchev–Trinajstić information content (AvgIpc) is 2.31. The molecule has 0 bridgehead atoms. The lowest BCUT2D eigenvalue weighted by molar-refractivity contribution is -0.121. The maximum atomic E-state index is 11.2. The zero-order chi connectivity index (χ0) is 8.72. The Morgan fingerprint density at radius 2 is 2.25 bits per heavy atom. The molecule has 0 radical (unpaired) electrons. The summed E-state index contributed by atoms with van der Waals surface area (Å²) in [6.07, 6.45) is 1.86. The number of carbonyl (C=O) groups is 1. The van der Waals surface area contributed by atoms with Crippen molar-refractivity contribution < 1.29 is 4.79 Å². The fraction of sp³-hybridized carbons (Fsp3) is 0.500. The van der Waals surface area contributed by atoms with E-state index in [0.29, 0.717) is 0 Å². The number of fused-ring (bicyclic) bond motifs is 1. The quantitative estimate of drug-likeness (QED) is 0.530. The molecule has 2 atom stereocenters. The van der Waals surface area contributed by atoms with Gasteiger partial charge < -0.3 is 0 Å². The van der Waals surface area contributed by atoms with Crippen LogP contribution in [-0.2, 0) is 4.79 Å². The molecule has 0 aromatic carbocycles. The largest absolute Gasteiger partial charge is 0.289 e. The van der Waals surface area contributed by atoms with Crippen molar-refractivity contribution in [2.75, 3.05) is 0 Å². The molecular weight excluding hydrogens is 154 g/mol. The van der Waals surface area contributed by atoms with E-state index in [-0.39, 0.29) is 18.0 Å². The minimum Gasteiger partial charge on any atom is -0.289 e. The maximum absolute atomic E-state index is 11.2. The lowest BCUT2D eigenvalue weighted by atomic mass is 9.94. The first-order chi connectivity index (χ1) is 5.68. The van der Waals surface area contributed by atoms with Gasteiger partial charge >= 0.3 is 0 Å². The average molecular weight is 165 g/mol. The maximum Gasteiger partial charge on any atom is 0.244 e. The molecular formula is C8H11N3O. The van der Waals surface area contributed by atoms with Crippen LogP contribution in [0, 0.1) is 5.92 Å². The number of allylic oxidation sites excluding steroid dienone is 1. The Hall–Kier alpha value is -1.16. The molecule has 1 fully saturated rings. The molecule has 12 heavy (non-hydrogen) atoms. The SMILES string of the molecule is CC1=CC(C)=N[C@@H]2NNC(=O)[C@H]12. The van der Waals surface area contributed by atoms with Gasteiger partial charge in [-0.3, -0.25) is 15.2 Å². The molecule has 2 N–H and O–H groups in total.